The highest BCUT2D eigenvalue weighted by atomic mass is 19.4. The minimum atomic E-state index is -4.38. The van der Waals surface area contributed by atoms with E-state index in [-0.39, 0.29) is 25.0 Å². The van der Waals surface area contributed by atoms with Crippen molar-refractivity contribution < 1.29 is 32.2 Å². The van der Waals surface area contributed by atoms with Gasteiger partial charge in [-0.05, 0) is 35.9 Å². The molecule has 0 saturated carbocycles. The number of amides is 1. The van der Waals surface area contributed by atoms with E-state index in [1.165, 1.54) is 12.1 Å². The van der Waals surface area contributed by atoms with Crippen LogP contribution in [0.15, 0.2) is 42.5 Å². The van der Waals surface area contributed by atoms with Crippen LogP contribution >= 0.6 is 0 Å². The number of hydrogen-bond acceptors (Lipinski definition) is 4. The fraction of sp³-hybridized carbons (Fsp3) is 0.235. The fourth-order valence-electron chi connectivity index (χ4n) is 2.19. The van der Waals surface area contributed by atoms with Crippen LogP contribution < -0.4 is 19.5 Å². The standard InChI is InChI=1S/C17H14F3NO4/c18-17(19,20)9-23-13-4-1-11(2-5-13)8-21-16(22)12-3-6-14-15(7-12)25-10-24-14/h1-7H,8-10H2,(H,21,22). The summed E-state index contributed by atoms with van der Waals surface area (Å²) in [4.78, 5) is 12.1. The highest BCUT2D eigenvalue weighted by molar-refractivity contribution is 5.94. The van der Waals surface area contributed by atoms with Gasteiger partial charge in [0, 0.05) is 12.1 Å². The van der Waals surface area contributed by atoms with E-state index in [1.54, 1.807) is 30.3 Å². The minimum Gasteiger partial charge on any atom is -0.484 e. The van der Waals surface area contributed by atoms with E-state index in [1.807, 2.05) is 0 Å². The Morgan fingerprint density at radius 3 is 2.52 bits per heavy atom. The van der Waals surface area contributed by atoms with Crippen LogP contribution in [0.1, 0.15) is 15.9 Å². The molecule has 1 N–H and O–H groups in total. The van der Waals surface area contributed by atoms with Crippen LogP contribution in [0.5, 0.6) is 17.2 Å². The predicted octanol–water partition coefficient (Wildman–Crippen LogP) is 3.29. The van der Waals surface area contributed by atoms with Crippen LogP contribution in [0.4, 0.5) is 13.2 Å². The minimum absolute atomic E-state index is 0.114. The summed E-state index contributed by atoms with van der Waals surface area (Å²) in [6, 6.07) is 10.9. The molecule has 1 aliphatic rings. The Bertz CT molecular complexity index is 759. The lowest BCUT2D eigenvalue weighted by molar-refractivity contribution is -0.153. The van der Waals surface area contributed by atoms with E-state index >= 15 is 0 Å². The first kappa shape index (κ1) is 16.9. The van der Waals surface area contributed by atoms with Crippen molar-refractivity contribution in [3.8, 4) is 17.2 Å². The molecule has 1 heterocycles. The largest absolute Gasteiger partial charge is 0.484 e. The van der Waals surface area contributed by atoms with Crippen molar-refractivity contribution in [1.29, 1.82) is 0 Å². The van der Waals surface area contributed by atoms with E-state index in [9.17, 15) is 18.0 Å². The molecule has 0 aromatic heterocycles. The molecule has 0 aliphatic carbocycles. The Balaban J connectivity index is 1.53. The molecule has 3 rings (SSSR count). The normalized spacial score (nSPS) is 12.8. The molecule has 0 bridgehead atoms. The van der Waals surface area contributed by atoms with Gasteiger partial charge >= 0.3 is 6.18 Å². The number of carbonyl (C=O) groups excluding carboxylic acids is 1. The second kappa shape index (κ2) is 6.92. The Hall–Kier alpha value is -2.90. The summed E-state index contributed by atoms with van der Waals surface area (Å²) in [6.45, 7) is -0.983. The second-order valence-electron chi connectivity index (χ2n) is 5.30. The molecule has 0 radical (unpaired) electrons. The molecule has 0 atom stereocenters. The molecule has 2 aromatic rings. The first-order valence-corrected chi connectivity index (χ1v) is 7.37. The van der Waals surface area contributed by atoms with Crippen molar-refractivity contribution >= 4 is 5.91 Å². The van der Waals surface area contributed by atoms with E-state index in [4.69, 9.17) is 9.47 Å². The molecule has 25 heavy (non-hydrogen) atoms. The quantitative estimate of drug-likeness (QED) is 0.896. The van der Waals surface area contributed by atoms with Gasteiger partial charge in [-0.2, -0.15) is 13.2 Å². The highest BCUT2D eigenvalue weighted by Crippen LogP contribution is 2.32. The van der Waals surface area contributed by atoms with Crippen LogP contribution in [0.3, 0.4) is 0 Å². The average Bonchev–Trinajstić information content (AvgIpc) is 3.05. The van der Waals surface area contributed by atoms with E-state index in [0.29, 0.717) is 17.1 Å². The van der Waals surface area contributed by atoms with Crippen molar-refractivity contribution in [1.82, 2.24) is 5.32 Å². The molecule has 0 saturated heterocycles. The molecule has 0 fully saturated rings. The van der Waals surface area contributed by atoms with Crippen LogP contribution in [0, 0.1) is 0 Å². The maximum absolute atomic E-state index is 12.1. The van der Waals surface area contributed by atoms with Gasteiger partial charge in [0.05, 0.1) is 0 Å². The zero-order chi connectivity index (χ0) is 17.9. The Labute approximate surface area is 141 Å². The van der Waals surface area contributed by atoms with Crippen LogP contribution in [-0.2, 0) is 6.54 Å². The number of fused-ring (bicyclic) bond motifs is 1. The van der Waals surface area contributed by atoms with Crippen molar-refractivity contribution in [2.75, 3.05) is 13.4 Å². The van der Waals surface area contributed by atoms with Crippen LogP contribution in [0.25, 0.3) is 0 Å². The molecule has 0 unspecified atom stereocenters. The molecule has 1 amide bonds. The van der Waals surface area contributed by atoms with Crippen molar-refractivity contribution in [2.24, 2.45) is 0 Å². The number of nitrogens with one attached hydrogen (secondary N) is 1. The lowest BCUT2D eigenvalue weighted by atomic mass is 10.1. The van der Waals surface area contributed by atoms with Gasteiger partial charge in [-0.1, -0.05) is 12.1 Å². The zero-order valence-electron chi connectivity index (χ0n) is 12.9. The van der Waals surface area contributed by atoms with E-state index in [0.717, 1.165) is 5.56 Å². The van der Waals surface area contributed by atoms with Gasteiger partial charge in [0.25, 0.3) is 5.91 Å². The Morgan fingerprint density at radius 2 is 1.80 bits per heavy atom. The van der Waals surface area contributed by atoms with Gasteiger partial charge in [0.15, 0.2) is 18.1 Å². The molecule has 0 spiro atoms. The maximum atomic E-state index is 12.1. The summed E-state index contributed by atoms with van der Waals surface area (Å²) < 4.78 is 51.3. The maximum Gasteiger partial charge on any atom is 0.422 e. The lowest BCUT2D eigenvalue weighted by Crippen LogP contribution is -2.22. The molecule has 132 valence electrons. The van der Waals surface area contributed by atoms with Gasteiger partial charge in [-0.15, -0.1) is 0 Å². The number of alkyl halides is 3. The smallest absolute Gasteiger partial charge is 0.422 e. The summed E-state index contributed by atoms with van der Waals surface area (Å²) in [5, 5.41) is 2.73. The number of hydrogen-bond donors (Lipinski definition) is 1. The highest BCUT2D eigenvalue weighted by Gasteiger charge is 2.28. The molecule has 8 heteroatoms. The predicted molar refractivity (Wildman–Crippen MR) is 81.7 cm³/mol. The summed E-state index contributed by atoms with van der Waals surface area (Å²) in [7, 11) is 0. The number of benzene rings is 2. The molecule has 1 aliphatic heterocycles. The summed E-state index contributed by atoms with van der Waals surface area (Å²) in [5.74, 6) is 0.920. The Kier molecular flexibility index (Phi) is 4.69. The second-order valence-corrected chi connectivity index (χ2v) is 5.30. The number of rotatable bonds is 5. The number of ether oxygens (including phenoxy) is 3. The van der Waals surface area contributed by atoms with Gasteiger partial charge < -0.3 is 19.5 Å². The van der Waals surface area contributed by atoms with Crippen molar-refractivity contribution in [2.45, 2.75) is 12.7 Å². The molecular formula is C17H14F3NO4. The SMILES string of the molecule is O=C(NCc1ccc(OCC(F)(F)F)cc1)c1ccc2c(c1)OCO2. The van der Waals surface area contributed by atoms with Crippen molar-refractivity contribution in [3.05, 3.63) is 53.6 Å². The van der Waals surface area contributed by atoms with E-state index in [2.05, 4.69) is 10.1 Å². The van der Waals surface area contributed by atoms with Gasteiger partial charge in [0.2, 0.25) is 6.79 Å². The Morgan fingerprint density at radius 1 is 1.08 bits per heavy atom. The van der Waals surface area contributed by atoms with Crippen molar-refractivity contribution in [3.63, 3.8) is 0 Å². The number of carbonyl (C=O) groups is 1. The number of halogens is 3. The molecule has 2 aromatic carbocycles. The third-order valence-corrected chi connectivity index (χ3v) is 3.41. The van der Waals surface area contributed by atoms with Gasteiger partial charge in [-0.3, -0.25) is 4.79 Å². The lowest BCUT2D eigenvalue weighted by Gasteiger charge is -2.10. The average molecular weight is 353 g/mol. The first-order chi connectivity index (χ1) is 11.9. The van der Waals surface area contributed by atoms with Gasteiger partial charge in [0.1, 0.15) is 5.75 Å². The summed E-state index contributed by atoms with van der Waals surface area (Å²) in [6.07, 6.45) is -4.38. The fourth-order valence-corrected chi connectivity index (χ4v) is 2.19. The summed E-state index contributed by atoms with van der Waals surface area (Å²) in [5.41, 5.74) is 1.16. The van der Waals surface area contributed by atoms with Crippen LogP contribution in [0.2, 0.25) is 0 Å². The van der Waals surface area contributed by atoms with E-state index < -0.39 is 12.8 Å². The first-order valence-electron chi connectivity index (χ1n) is 7.37. The van der Waals surface area contributed by atoms with Crippen LogP contribution in [-0.4, -0.2) is 25.5 Å². The topological polar surface area (TPSA) is 56.8 Å². The zero-order valence-corrected chi connectivity index (χ0v) is 12.9. The summed E-state index contributed by atoms with van der Waals surface area (Å²) >= 11 is 0. The molecule has 5 nitrogen and oxygen atoms in total. The third-order valence-electron chi connectivity index (χ3n) is 3.41. The molecular weight excluding hydrogens is 339 g/mol. The third kappa shape index (κ3) is 4.56. The monoisotopic (exact) mass is 353 g/mol. The van der Waals surface area contributed by atoms with Gasteiger partial charge in [-0.25, -0.2) is 0 Å².